The van der Waals surface area contributed by atoms with Crippen LogP contribution in [0.25, 0.3) is 0 Å². The van der Waals surface area contributed by atoms with Gasteiger partial charge in [-0.1, -0.05) is 13.0 Å². The summed E-state index contributed by atoms with van der Waals surface area (Å²) in [7, 11) is 0. The maximum absolute atomic E-state index is 13.5. The van der Waals surface area contributed by atoms with E-state index in [1.165, 1.54) is 12.1 Å². The normalized spacial score (nSPS) is 20.7. The van der Waals surface area contributed by atoms with E-state index in [0.29, 0.717) is 30.5 Å². The Labute approximate surface area is 141 Å². The molecule has 0 saturated heterocycles. The zero-order valence-corrected chi connectivity index (χ0v) is 14.7. The first-order chi connectivity index (χ1) is 9.60. The molecule has 21 heavy (non-hydrogen) atoms. The van der Waals surface area contributed by atoms with Crippen molar-refractivity contribution in [2.75, 3.05) is 13.1 Å². The third kappa shape index (κ3) is 5.76. The first kappa shape index (κ1) is 18.1. The minimum absolute atomic E-state index is 0. The maximum atomic E-state index is 13.5. The SMILES string of the molecule is CCNC(=NCCc1ccc(F)cc1F)NC1CC1C.I. The molecule has 1 aliphatic carbocycles. The fraction of sp³-hybridized carbons (Fsp3) is 0.533. The second-order valence-corrected chi connectivity index (χ2v) is 5.21. The van der Waals surface area contributed by atoms with E-state index in [4.69, 9.17) is 0 Å². The monoisotopic (exact) mass is 409 g/mol. The summed E-state index contributed by atoms with van der Waals surface area (Å²) in [5, 5.41) is 6.51. The van der Waals surface area contributed by atoms with Crippen molar-refractivity contribution < 1.29 is 8.78 Å². The second kappa shape index (κ2) is 8.51. The Hall–Kier alpha value is -0.920. The lowest BCUT2D eigenvalue weighted by Crippen LogP contribution is -2.39. The van der Waals surface area contributed by atoms with Gasteiger partial charge in [-0.15, -0.1) is 24.0 Å². The van der Waals surface area contributed by atoms with Crippen molar-refractivity contribution in [3.63, 3.8) is 0 Å². The molecule has 1 aromatic carbocycles. The Morgan fingerprint density at radius 2 is 2.10 bits per heavy atom. The molecule has 1 aliphatic rings. The first-order valence-electron chi connectivity index (χ1n) is 7.09. The molecule has 2 rings (SSSR count). The highest BCUT2D eigenvalue weighted by atomic mass is 127. The molecule has 0 bridgehead atoms. The van der Waals surface area contributed by atoms with Crippen LogP contribution < -0.4 is 10.6 Å². The summed E-state index contributed by atoms with van der Waals surface area (Å²) in [6.07, 6.45) is 1.62. The van der Waals surface area contributed by atoms with Crippen LogP contribution in [0.15, 0.2) is 23.2 Å². The van der Waals surface area contributed by atoms with Crippen molar-refractivity contribution in [3.8, 4) is 0 Å². The van der Waals surface area contributed by atoms with Crippen LogP contribution in [0, 0.1) is 17.6 Å². The molecule has 0 heterocycles. The molecule has 1 fully saturated rings. The Bertz CT molecular complexity index is 494. The van der Waals surface area contributed by atoms with Gasteiger partial charge >= 0.3 is 0 Å². The van der Waals surface area contributed by atoms with Gasteiger partial charge in [-0.3, -0.25) is 4.99 Å². The van der Waals surface area contributed by atoms with E-state index < -0.39 is 11.6 Å². The minimum Gasteiger partial charge on any atom is -0.357 e. The number of nitrogens with one attached hydrogen (secondary N) is 2. The standard InChI is InChI=1S/C15H21F2N3.HI/c1-3-18-15(20-14-8-10(14)2)19-7-6-11-4-5-12(16)9-13(11)17;/h4-5,9-10,14H,3,6-8H2,1-2H3,(H2,18,19,20);1H. The molecule has 2 atom stereocenters. The lowest BCUT2D eigenvalue weighted by molar-refractivity contribution is 0.572. The fourth-order valence-corrected chi connectivity index (χ4v) is 2.03. The number of halogens is 3. The van der Waals surface area contributed by atoms with E-state index in [2.05, 4.69) is 22.5 Å². The average molecular weight is 409 g/mol. The number of aliphatic imine (C=N–C) groups is 1. The second-order valence-electron chi connectivity index (χ2n) is 5.21. The molecular weight excluding hydrogens is 387 g/mol. The predicted molar refractivity (Wildman–Crippen MR) is 92.2 cm³/mol. The minimum atomic E-state index is -0.549. The van der Waals surface area contributed by atoms with Gasteiger partial charge in [0.15, 0.2) is 5.96 Å². The molecule has 0 spiro atoms. The zero-order valence-electron chi connectivity index (χ0n) is 12.3. The van der Waals surface area contributed by atoms with E-state index >= 15 is 0 Å². The van der Waals surface area contributed by atoms with Crippen molar-refractivity contribution in [1.29, 1.82) is 0 Å². The van der Waals surface area contributed by atoms with Crippen molar-refractivity contribution >= 4 is 29.9 Å². The van der Waals surface area contributed by atoms with E-state index in [1.54, 1.807) is 0 Å². The average Bonchev–Trinajstić information content (AvgIpc) is 3.08. The van der Waals surface area contributed by atoms with Crippen LogP contribution in [-0.2, 0) is 6.42 Å². The molecule has 2 unspecified atom stereocenters. The molecule has 118 valence electrons. The van der Waals surface area contributed by atoms with E-state index in [1.807, 2.05) is 6.92 Å². The summed E-state index contributed by atoms with van der Waals surface area (Å²) < 4.78 is 26.3. The maximum Gasteiger partial charge on any atom is 0.191 e. The van der Waals surface area contributed by atoms with Crippen LogP contribution in [-0.4, -0.2) is 25.1 Å². The Kier molecular flexibility index (Phi) is 7.34. The molecule has 0 aliphatic heterocycles. The smallest absolute Gasteiger partial charge is 0.191 e. The Balaban J connectivity index is 0.00000220. The van der Waals surface area contributed by atoms with Gasteiger partial charge in [0.05, 0.1) is 0 Å². The van der Waals surface area contributed by atoms with E-state index in [0.717, 1.165) is 25.0 Å². The highest BCUT2D eigenvalue weighted by Gasteiger charge is 2.33. The molecule has 0 amide bonds. The summed E-state index contributed by atoms with van der Waals surface area (Å²) >= 11 is 0. The topological polar surface area (TPSA) is 36.4 Å². The number of benzene rings is 1. The van der Waals surface area contributed by atoms with Crippen molar-refractivity contribution in [2.45, 2.75) is 32.7 Å². The van der Waals surface area contributed by atoms with Gasteiger partial charge in [0.2, 0.25) is 0 Å². The van der Waals surface area contributed by atoms with Gasteiger partial charge in [-0.2, -0.15) is 0 Å². The third-order valence-corrected chi connectivity index (χ3v) is 3.44. The van der Waals surface area contributed by atoms with Gasteiger partial charge in [0.1, 0.15) is 11.6 Å². The molecule has 1 aromatic rings. The Morgan fingerprint density at radius 1 is 1.38 bits per heavy atom. The highest BCUT2D eigenvalue weighted by Crippen LogP contribution is 2.28. The molecule has 6 heteroatoms. The van der Waals surface area contributed by atoms with E-state index in [-0.39, 0.29) is 24.0 Å². The van der Waals surface area contributed by atoms with Crippen LogP contribution in [0.2, 0.25) is 0 Å². The van der Waals surface area contributed by atoms with E-state index in [9.17, 15) is 8.78 Å². The highest BCUT2D eigenvalue weighted by molar-refractivity contribution is 14.0. The summed E-state index contributed by atoms with van der Waals surface area (Å²) in [5.41, 5.74) is 0.491. The Morgan fingerprint density at radius 3 is 2.67 bits per heavy atom. The molecule has 3 nitrogen and oxygen atoms in total. The third-order valence-electron chi connectivity index (χ3n) is 3.44. The fourth-order valence-electron chi connectivity index (χ4n) is 2.03. The molecule has 2 N–H and O–H groups in total. The molecular formula is C15H22F2IN3. The van der Waals surface area contributed by atoms with Crippen LogP contribution in [0.1, 0.15) is 25.8 Å². The van der Waals surface area contributed by atoms with Crippen LogP contribution in [0.4, 0.5) is 8.78 Å². The van der Waals surface area contributed by atoms with Crippen LogP contribution in [0.5, 0.6) is 0 Å². The zero-order chi connectivity index (χ0) is 14.5. The number of rotatable bonds is 5. The number of nitrogens with zero attached hydrogens (tertiary/aromatic N) is 1. The molecule has 1 saturated carbocycles. The quantitative estimate of drug-likeness (QED) is 0.446. The van der Waals surface area contributed by atoms with Gasteiger partial charge < -0.3 is 10.6 Å². The van der Waals surface area contributed by atoms with Crippen molar-refractivity contribution in [1.82, 2.24) is 10.6 Å². The van der Waals surface area contributed by atoms with Gasteiger partial charge in [-0.05, 0) is 37.3 Å². The van der Waals surface area contributed by atoms with Crippen LogP contribution in [0.3, 0.4) is 0 Å². The van der Waals surface area contributed by atoms with Crippen molar-refractivity contribution in [3.05, 3.63) is 35.4 Å². The summed E-state index contributed by atoms with van der Waals surface area (Å²) in [6, 6.07) is 4.16. The van der Waals surface area contributed by atoms with Gasteiger partial charge in [0.25, 0.3) is 0 Å². The summed E-state index contributed by atoms with van der Waals surface area (Å²) in [6.45, 7) is 5.46. The largest absolute Gasteiger partial charge is 0.357 e. The lowest BCUT2D eigenvalue weighted by Gasteiger charge is -2.10. The van der Waals surface area contributed by atoms with Gasteiger partial charge in [-0.25, -0.2) is 8.78 Å². The predicted octanol–water partition coefficient (Wildman–Crippen LogP) is 3.09. The molecule has 0 radical (unpaired) electrons. The van der Waals surface area contributed by atoms with Crippen LogP contribution >= 0.6 is 24.0 Å². The number of hydrogen-bond acceptors (Lipinski definition) is 1. The first-order valence-corrected chi connectivity index (χ1v) is 7.09. The number of guanidine groups is 1. The van der Waals surface area contributed by atoms with Gasteiger partial charge in [0, 0.05) is 25.2 Å². The lowest BCUT2D eigenvalue weighted by atomic mass is 10.1. The molecule has 0 aromatic heterocycles. The summed E-state index contributed by atoms with van der Waals surface area (Å²) in [5.74, 6) is 0.402. The van der Waals surface area contributed by atoms with Crippen molar-refractivity contribution in [2.24, 2.45) is 10.9 Å². The summed E-state index contributed by atoms with van der Waals surface area (Å²) in [4.78, 5) is 4.42. The number of hydrogen-bond donors (Lipinski definition) is 2.